The highest BCUT2D eigenvalue weighted by molar-refractivity contribution is 6.24. The third-order valence-electron chi connectivity index (χ3n) is 7.81. The Labute approximate surface area is 230 Å². The number of aliphatic hydroxyl groups excluding tert-OH is 2. The first-order chi connectivity index (χ1) is 18.7. The first-order valence-corrected chi connectivity index (χ1v) is 12.8. The second-order valence-electron chi connectivity index (χ2n) is 10.9. The van der Waals surface area contributed by atoms with Gasteiger partial charge in [-0.3, -0.25) is 24.1 Å². The zero-order valence-electron chi connectivity index (χ0n) is 22.7. The number of carbonyl (C=O) groups excluding carboxylic acids is 4. The van der Waals surface area contributed by atoms with Crippen LogP contribution < -0.4 is 16.4 Å². The van der Waals surface area contributed by atoms with Gasteiger partial charge in [-0.05, 0) is 58.3 Å². The fourth-order valence-corrected chi connectivity index (χ4v) is 5.98. The van der Waals surface area contributed by atoms with E-state index in [9.17, 15) is 39.6 Å². The van der Waals surface area contributed by atoms with Crippen LogP contribution in [0.4, 0.5) is 5.69 Å². The van der Waals surface area contributed by atoms with Crippen molar-refractivity contribution in [3.8, 4) is 5.75 Å². The van der Waals surface area contributed by atoms with E-state index in [-0.39, 0.29) is 36.2 Å². The number of likely N-dealkylation sites (N-methyl/N-ethyl adjacent to an activating group) is 1. The molecule has 2 unspecified atom stereocenters. The quantitative estimate of drug-likeness (QED) is 0.107. The summed E-state index contributed by atoms with van der Waals surface area (Å²) in [6, 6.07) is 1.95. The number of carbonyl (C=O) groups is 4. The number of benzene rings is 1. The van der Waals surface area contributed by atoms with E-state index in [1.807, 2.05) is 19.9 Å². The number of primary amides is 1. The number of nitrogens with one attached hydrogen (secondary N) is 2. The standard InChI is InChI=1S/C28H34N4O8/c1-12(2)7-8-30-11-17(33)31-16-6-5-13-9-14-10-15-21(32(3)4)24(36)20(27(29)39)26(38)28(15,40)25(37)19(14)23(35)18(13)22(16)34/h5-7,14-15,21,30,34-35,38,40H,8-11H2,1-4H3,(H2,29,39)(H,31,33)/t14?,15?,21-,28-/m0/s1. The average Bonchev–Trinajstić information content (AvgIpc) is 2.85. The third kappa shape index (κ3) is 4.57. The molecule has 8 N–H and O–H groups in total. The molecule has 0 radical (unpaired) electrons. The van der Waals surface area contributed by atoms with Crippen LogP contribution in [0.3, 0.4) is 0 Å². The summed E-state index contributed by atoms with van der Waals surface area (Å²) in [4.78, 5) is 52.9. The lowest BCUT2D eigenvalue weighted by atomic mass is 9.57. The van der Waals surface area contributed by atoms with Crippen LogP contribution in [-0.4, -0.2) is 87.5 Å². The second kappa shape index (κ2) is 10.5. The first kappa shape index (κ1) is 29.0. The summed E-state index contributed by atoms with van der Waals surface area (Å²) in [5, 5.41) is 50.3. The largest absolute Gasteiger partial charge is 0.508 e. The van der Waals surface area contributed by atoms with Crippen molar-refractivity contribution in [3.05, 3.63) is 51.8 Å². The Morgan fingerprint density at radius 2 is 1.85 bits per heavy atom. The van der Waals surface area contributed by atoms with Crippen molar-refractivity contribution in [3.63, 3.8) is 0 Å². The van der Waals surface area contributed by atoms with E-state index >= 15 is 0 Å². The molecular formula is C28H34N4O8. The molecule has 1 aromatic carbocycles. The second-order valence-corrected chi connectivity index (χ2v) is 10.9. The van der Waals surface area contributed by atoms with E-state index in [0.29, 0.717) is 12.1 Å². The number of hydrogen-bond acceptors (Lipinski definition) is 10. The lowest BCUT2D eigenvalue weighted by Gasteiger charge is -2.50. The van der Waals surface area contributed by atoms with Crippen LogP contribution in [0.1, 0.15) is 31.4 Å². The zero-order valence-corrected chi connectivity index (χ0v) is 22.7. The Morgan fingerprint density at radius 1 is 1.18 bits per heavy atom. The van der Waals surface area contributed by atoms with E-state index in [2.05, 4.69) is 10.6 Å². The van der Waals surface area contributed by atoms with Crippen LogP contribution >= 0.6 is 0 Å². The van der Waals surface area contributed by atoms with Crippen LogP contribution in [0.5, 0.6) is 5.75 Å². The van der Waals surface area contributed by atoms with Gasteiger partial charge in [0.05, 0.1) is 23.8 Å². The van der Waals surface area contributed by atoms with Gasteiger partial charge in [-0.15, -0.1) is 0 Å². The highest BCUT2D eigenvalue weighted by Crippen LogP contribution is 2.53. The van der Waals surface area contributed by atoms with Crippen molar-refractivity contribution in [1.29, 1.82) is 0 Å². The molecule has 214 valence electrons. The van der Waals surface area contributed by atoms with Crippen molar-refractivity contribution in [2.24, 2.45) is 17.6 Å². The fraction of sp³-hybridized carbons (Fsp3) is 0.429. The molecule has 0 bridgehead atoms. The Morgan fingerprint density at radius 3 is 2.45 bits per heavy atom. The average molecular weight is 555 g/mol. The molecule has 3 aliphatic carbocycles. The van der Waals surface area contributed by atoms with Gasteiger partial charge in [-0.2, -0.15) is 0 Å². The smallest absolute Gasteiger partial charge is 0.255 e. The number of nitrogens with zero attached hydrogens (tertiary/aromatic N) is 1. The van der Waals surface area contributed by atoms with E-state index in [0.717, 1.165) is 5.57 Å². The number of rotatable bonds is 7. The van der Waals surface area contributed by atoms with Gasteiger partial charge in [-0.1, -0.05) is 17.7 Å². The molecule has 40 heavy (non-hydrogen) atoms. The number of aliphatic hydroxyl groups is 3. The van der Waals surface area contributed by atoms with Crippen molar-refractivity contribution < 1.29 is 39.6 Å². The van der Waals surface area contributed by atoms with Crippen molar-refractivity contribution in [1.82, 2.24) is 10.2 Å². The summed E-state index contributed by atoms with van der Waals surface area (Å²) in [5.41, 5.74) is 2.99. The first-order valence-electron chi connectivity index (χ1n) is 12.8. The number of anilines is 1. The highest BCUT2D eigenvalue weighted by atomic mass is 16.3. The molecule has 3 aliphatic rings. The number of allylic oxidation sites excluding steroid dienone is 1. The molecule has 2 amide bonds. The minimum atomic E-state index is -2.71. The molecule has 0 heterocycles. The molecule has 1 saturated carbocycles. The number of amides is 2. The third-order valence-corrected chi connectivity index (χ3v) is 7.81. The van der Waals surface area contributed by atoms with Crippen LogP contribution in [0, 0.1) is 11.8 Å². The lowest BCUT2D eigenvalue weighted by Crippen LogP contribution is -2.65. The van der Waals surface area contributed by atoms with Gasteiger partial charge in [0, 0.05) is 18.0 Å². The predicted molar refractivity (Wildman–Crippen MR) is 145 cm³/mol. The molecule has 12 heteroatoms. The van der Waals surface area contributed by atoms with Crippen molar-refractivity contribution >= 4 is 34.8 Å². The molecule has 4 rings (SSSR count). The summed E-state index contributed by atoms with van der Waals surface area (Å²) in [5.74, 6) is -7.68. The summed E-state index contributed by atoms with van der Waals surface area (Å²) in [6.07, 6.45) is 2.08. The molecular weight excluding hydrogens is 520 g/mol. The van der Waals surface area contributed by atoms with Gasteiger partial charge in [0.2, 0.25) is 11.7 Å². The Hall–Kier alpha value is -4.00. The van der Waals surface area contributed by atoms with Gasteiger partial charge < -0.3 is 36.8 Å². The van der Waals surface area contributed by atoms with Gasteiger partial charge in [0.1, 0.15) is 22.8 Å². The minimum absolute atomic E-state index is 0.00234. The number of hydrogen-bond donors (Lipinski definition) is 7. The number of nitrogens with two attached hydrogens (primary N) is 1. The summed E-state index contributed by atoms with van der Waals surface area (Å²) in [6.45, 7) is 4.29. The highest BCUT2D eigenvalue weighted by Gasteiger charge is 2.64. The summed E-state index contributed by atoms with van der Waals surface area (Å²) < 4.78 is 0. The Bertz CT molecular complexity index is 1400. The maximum Gasteiger partial charge on any atom is 0.255 e. The predicted octanol–water partition coefficient (Wildman–Crippen LogP) is 0.458. The topological polar surface area (TPSA) is 203 Å². The summed E-state index contributed by atoms with van der Waals surface area (Å²) in [7, 11) is 3.08. The SMILES string of the molecule is CC(C)=CCNCC(=O)Nc1ccc2c(c1O)C(O)=C1C(=O)[C@]3(O)C(O)=C(C(N)=O)C(=O)[C@@H](N(C)C)C3CC1C2. The van der Waals surface area contributed by atoms with E-state index in [1.165, 1.54) is 11.0 Å². The molecule has 0 saturated heterocycles. The number of ketones is 2. The molecule has 12 nitrogen and oxygen atoms in total. The number of fused-ring (bicyclic) bond motifs is 3. The Kier molecular flexibility index (Phi) is 7.63. The molecule has 0 aromatic heterocycles. The van der Waals surface area contributed by atoms with Crippen molar-refractivity contribution in [2.75, 3.05) is 32.5 Å². The van der Waals surface area contributed by atoms with Gasteiger partial charge in [0.15, 0.2) is 11.4 Å². The van der Waals surface area contributed by atoms with Crippen LogP contribution in [0.25, 0.3) is 5.76 Å². The minimum Gasteiger partial charge on any atom is -0.508 e. The molecule has 1 fully saturated rings. The number of aromatic hydroxyl groups is 1. The number of phenolic OH excluding ortho intramolecular Hbond substituents is 1. The maximum absolute atomic E-state index is 13.8. The van der Waals surface area contributed by atoms with E-state index in [4.69, 9.17) is 5.73 Å². The fourth-order valence-electron chi connectivity index (χ4n) is 5.98. The van der Waals surface area contributed by atoms with Gasteiger partial charge in [-0.25, -0.2) is 0 Å². The van der Waals surface area contributed by atoms with E-state index in [1.54, 1.807) is 20.2 Å². The maximum atomic E-state index is 13.8. The molecule has 0 spiro atoms. The van der Waals surface area contributed by atoms with E-state index < -0.39 is 69.7 Å². The molecule has 1 aromatic rings. The van der Waals surface area contributed by atoms with Crippen molar-refractivity contribution in [2.45, 2.75) is 38.3 Å². The lowest BCUT2D eigenvalue weighted by molar-refractivity contribution is -0.153. The normalized spacial score (nSPS) is 25.8. The van der Waals surface area contributed by atoms with Crippen LogP contribution in [0.15, 0.2) is 40.7 Å². The summed E-state index contributed by atoms with van der Waals surface area (Å²) >= 11 is 0. The number of phenols is 1. The van der Waals surface area contributed by atoms with Gasteiger partial charge in [0.25, 0.3) is 5.91 Å². The monoisotopic (exact) mass is 554 g/mol. The Balaban J connectivity index is 1.74. The number of Topliss-reactive ketones (excluding diaryl/α,β-unsaturated/α-hetero) is 2. The molecule has 4 atom stereocenters. The zero-order chi connectivity index (χ0) is 29.7. The van der Waals surface area contributed by atoms with Crippen LogP contribution in [0.2, 0.25) is 0 Å². The van der Waals surface area contributed by atoms with Crippen LogP contribution in [-0.2, 0) is 25.6 Å². The van der Waals surface area contributed by atoms with Gasteiger partial charge >= 0.3 is 0 Å². The molecule has 0 aliphatic heterocycles.